The van der Waals surface area contributed by atoms with E-state index in [1.807, 2.05) is 0 Å². The maximum atomic E-state index is 11.0. The molecular formula is C9H16ClNO2. The molecule has 1 aliphatic rings. The quantitative estimate of drug-likeness (QED) is 0.546. The Kier molecular flexibility index (Phi) is 5.75. The fourth-order valence-electron chi connectivity index (χ4n) is 1.47. The molecule has 0 bridgehead atoms. The van der Waals surface area contributed by atoms with Crippen LogP contribution in [0.3, 0.4) is 0 Å². The van der Waals surface area contributed by atoms with Crippen LogP contribution >= 0.6 is 12.4 Å². The topological polar surface area (TPSA) is 52.3 Å². The van der Waals surface area contributed by atoms with E-state index >= 15 is 0 Å². The van der Waals surface area contributed by atoms with Gasteiger partial charge < -0.3 is 10.5 Å². The summed E-state index contributed by atoms with van der Waals surface area (Å²) in [4.78, 5) is 11.0. The van der Waals surface area contributed by atoms with E-state index in [4.69, 9.17) is 5.73 Å². The smallest absolute Gasteiger partial charge is 0.322 e. The predicted octanol–water partition coefficient (Wildman–Crippen LogP) is 1.26. The molecule has 1 aliphatic carbocycles. The second kappa shape index (κ2) is 6.00. The van der Waals surface area contributed by atoms with Gasteiger partial charge in [-0.3, -0.25) is 4.79 Å². The predicted molar refractivity (Wildman–Crippen MR) is 53.7 cm³/mol. The molecule has 76 valence electrons. The van der Waals surface area contributed by atoms with Gasteiger partial charge >= 0.3 is 5.97 Å². The molecule has 1 rings (SSSR count). The fourth-order valence-corrected chi connectivity index (χ4v) is 1.47. The number of allylic oxidation sites excluding steroid dienone is 2. The molecule has 3 nitrogen and oxygen atoms in total. The number of methoxy groups -OCH3 is 1. The van der Waals surface area contributed by atoms with Crippen molar-refractivity contribution in [2.24, 2.45) is 11.7 Å². The lowest BCUT2D eigenvalue weighted by Gasteiger charge is -2.22. The molecule has 0 saturated heterocycles. The van der Waals surface area contributed by atoms with Crippen LogP contribution < -0.4 is 5.73 Å². The van der Waals surface area contributed by atoms with Crippen molar-refractivity contribution in [3.8, 4) is 0 Å². The van der Waals surface area contributed by atoms with Gasteiger partial charge in [0.2, 0.25) is 0 Å². The summed E-state index contributed by atoms with van der Waals surface area (Å²) < 4.78 is 4.58. The number of rotatable bonds is 2. The highest BCUT2D eigenvalue weighted by Gasteiger charge is 2.24. The minimum atomic E-state index is -0.444. The molecule has 0 heterocycles. The van der Waals surface area contributed by atoms with Crippen molar-refractivity contribution >= 4 is 18.4 Å². The van der Waals surface area contributed by atoms with Gasteiger partial charge in [0.1, 0.15) is 6.04 Å². The SMILES string of the molecule is COC(=O)C(N)C1CC=CCC1.Cl. The lowest BCUT2D eigenvalue weighted by molar-refractivity contribution is -0.143. The van der Waals surface area contributed by atoms with Crippen LogP contribution in [0, 0.1) is 5.92 Å². The molecule has 2 unspecified atom stereocenters. The van der Waals surface area contributed by atoms with Gasteiger partial charge in [-0.2, -0.15) is 0 Å². The number of nitrogens with two attached hydrogens (primary N) is 1. The molecule has 2 N–H and O–H groups in total. The molecule has 0 aromatic rings. The number of ether oxygens (including phenoxy) is 1. The van der Waals surface area contributed by atoms with Crippen molar-refractivity contribution < 1.29 is 9.53 Å². The van der Waals surface area contributed by atoms with E-state index in [2.05, 4.69) is 16.9 Å². The average molecular weight is 206 g/mol. The number of carbonyl (C=O) groups is 1. The standard InChI is InChI=1S/C9H15NO2.ClH/c1-12-9(11)8(10)7-5-3-2-4-6-7;/h2-3,7-8H,4-6,10H2,1H3;1H. The summed E-state index contributed by atoms with van der Waals surface area (Å²) in [6.45, 7) is 0. The molecule has 0 fully saturated rings. The summed E-state index contributed by atoms with van der Waals surface area (Å²) in [7, 11) is 1.38. The van der Waals surface area contributed by atoms with Crippen LogP contribution in [0.5, 0.6) is 0 Å². The number of halogens is 1. The number of hydrogen-bond donors (Lipinski definition) is 1. The van der Waals surface area contributed by atoms with E-state index in [0.717, 1.165) is 19.3 Å². The Hall–Kier alpha value is -0.540. The highest BCUT2D eigenvalue weighted by atomic mass is 35.5. The number of hydrogen-bond acceptors (Lipinski definition) is 3. The molecule has 0 aromatic heterocycles. The van der Waals surface area contributed by atoms with Gasteiger partial charge in [0, 0.05) is 0 Å². The molecule has 0 saturated carbocycles. The zero-order valence-corrected chi connectivity index (χ0v) is 8.55. The molecule has 0 spiro atoms. The third-order valence-corrected chi connectivity index (χ3v) is 2.29. The molecule has 0 radical (unpaired) electrons. The van der Waals surface area contributed by atoms with Crippen LogP contribution in [0.25, 0.3) is 0 Å². The monoisotopic (exact) mass is 205 g/mol. The number of carbonyl (C=O) groups excluding carboxylic acids is 1. The van der Waals surface area contributed by atoms with Crippen LogP contribution in [0.2, 0.25) is 0 Å². The molecule has 4 heteroatoms. The van der Waals surface area contributed by atoms with Crippen molar-refractivity contribution in [2.45, 2.75) is 25.3 Å². The first-order valence-corrected chi connectivity index (χ1v) is 4.24. The Morgan fingerprint density at radius 3 is 2.77 bits per heavy atom. The lowest BCUT2D eigenvalue weighted by atomic mass is 9.88. The zero-order chi connectivity index (χ0) is 8.97. The van der Waals surface area contributed by atoms with Crippen LogP contribution in [0.1, 0.15) is 19.3 Å². The summed E-state index contributed by atoms with van der Waals surface area (Å²) in [5.41, 5.74) is 5.69. The Labute approximate surface area is 84.7 Å². The molecule has 0 aliphatic heterocycles. The molecule has 13 heavy (non-hydrogen) atoms. The van der Waals surface area contributed by atoms with Crippen LogP contribution in [0.15, 0.2) is 12.2 Å². The third-order valence-electron chi connectivity index (χ3n) is 2.29. The first kappa shape index (κ1) is 12.5. The van der Waals surface area contributed by atoms with Gasteiger partial charge in [-0.05, 0) is 25.2 Å². The Bertz CT molecular complexity index is 194. The summed E-state index contributed by atoms with van der Waals surface area (Å²) in [5.74, 6) is -0.0299. The molecular weight excluding hydrogens is 190 g/mol. The first-order valence-electron chi connectivity index (χ1n) is 4.24. The van der Waals surface area contributed by atoms with Crippen molar-refractivity contribution in [3.05, 3.63) is 12.2 Å². The maximum Gasteiger partial charge on any atom is 0.322 e. The van der Waals surface area contributed by atoms with E-state index in [-0.39, 0.29) is 24.3 Å². The van der Waals surface area contributed by atoms with E-state index in [1.54, 1.807) is 0 Å². The average Bonchev–Trinajstić information content (AvgIpc) is 2.17. The summed E-state index contributed by atoms with van der Waals surface area (Å²) in [6.07, 6.45) is 7.12. The van der Waals surface area contributed by atoms with Gasteiger partial charge in [0.15, 0.2) is 0 Å². The van der Waals surface area contributed by atoms with E-state index in [1.165, 1.54) is 7.11 Å². The van der Waals surface area contributed by atoms with Gasteiger partial charge in [0.25, 0.3) is 0 Å². The minimum absolute atomic E-state index is 0. The largest absolute Gasteiger partial charge is 0.468 e. The van der Waals surface area contributed by atoms with E-state index in [0.29, 0.717) is 0 Å². The van der Waals surface area contributed by atoms with Crippen molar-refractivity contribution in [1.29, 1.82) is 0 Å². The minimum Gasteiger partial charge on any atom is -0.468 e. The van der Waals surface area contributed by atoms with E-state index < -0.39 is 6.04 Å². The van der Waals surface area contributed by atoms with Crippen LogP contribution in [0.4, 0.5) is 0 Å². The number of esters is 1. The van der Waals surface area contributed by atoms with Gasteiger partial charge in [-0.25, -0.2) is 0 Å². The Morgan fingerprint density at radius 2 is 2.31 bits per heavy atom. The second-order valence-electron chi connectivity index (χ2n) is 3.09. The summed E-state index contributed by atoms with van der Waals surface area (Å²) in [6, 6.07) is -0.444. The van der Waals surface area contributed by atoms with Gasteiger partial charge in [-0.15, -0.1) is 12.4 Å². The second-order valence-corrected chi connectivity index (χ2v) is 3.09. The van der Waals surface area contributed by atoms with E-state index in [9.17, 15) is 4.79 Å². The molecule has 0 amide bonds. The Balaban J connectivity index is 0.00000144. The summed E-state index contributed by atoms with van der Waals surface area (Å²) in [5, 5.41) is 0. The summed E-state index contributed by atoms with van der Waals surface area (Å²) >= 11 is 0. The van der Waals surface area contributed by atoms with Crippen LogP contribution in [-0.4, -0.2) is 19.1 Å². The highest BCUT2D eigenvalue weighted by Crippen LogP contribution is 2.20. The third kappa shape index (κ3) is 3.36. The lowest BCUT2D eigenvalue weighted by Crippen LogP contribution is -2.39. The van der Waals surface area contributed by atoms with Crippen molar-refractivity contribution in [1.82, 2.24) is 0 Å². The first-order chi connectivity index (χ1) is 5.75. The molecule has 0 aromatic carbocycles. The maximum absolute atomic E-state index is 11.0. The zero-order valence-electron chi connectivity index (χ0n) is 7.73. The van der Waals surface area contributed by atoms with Crippen molar-refractivity contribution in [2.75, 3.05) is 7.11 Å². The molecule has 2 atom stereocenters. The van der Waals surface area contributed by atoms with Gasteiger partial charge in [-0.1, -0.05) is 12.2 Å². The fraction of sp³-hybridized carbons (Fsp3) is 0.667. The normalized spacial score (nSPS) is 23.1. The highest BCUT2D eigenvalue weighted by molar-refractivity contribution is 5.85. The van der Waals surface area contributed by atoms with Crippen LogP contribution in [-0.2, 0) is 9.53 Å². The van der Waals surface area contributed by atoms with Crippen molar-refractivity contribution in [3.63, 3.8) is 0 Å². The Morgan fingerprint density at radius 1 is 1.62 bits per heavy atom. The van der Waals surface area contributed by atoms with Gasteiger partial charge in [0.05, 0.1) is 7.11 Å².